The minimum Gasteiger partial charge on any atom is -0.480 e. The summed E-state index contributed by atoms with van der Waals surface area (Å²) in [4.78, 5) is 24.2. The van der Waals surface area contributed by atoms with Gasteiger partial charge < -0.3 is 26.2 Å². The Kier molecular flexibility index (Phi) is 8.44. The molecule has 0 radical (unpaired) electrons. The van der Waals surface area contributed by atoms with Gasteiger partial charge in [0, 0.05) is 6.92 Å². The van der Waals surface area contributed by atoms with Crippen molar-refractivity contribution in [2.75, 3.05) is 0 Å². The highest BCUT2D eigenvalue weighted by atomic mass is 32.2. The third kappa shape index (κ3) is 7.47. The number of nitrogens with zero attached hydrogens (tertiary/aromatic N) is 2. The number of hydrogen-bond donors (Lipinski definition) is 6. The highest BCUT2D eigenvalue weighted by Gasteiger charge is 2.36. The summed E-state index contributed by atoms with van der Waals surface area (Å²) in [7, 11) is -4.19. The molecular weight excluding hydrogens is 396 g/mol. The first-order valence-corrected chi connectivity index (χ1v) is 9.90. The van der Waals surface area contributed by atoms with Gasteiger partial charge in [-0.25, -0.2) is 0 Å². The Morgan fingerprint density at radius 2 is 1.89 bits per heavy atom. The van der Waals surface area contributed by atoms with Crippen molar-refractivity contribution < 1.29 is 32.7 Å². The molecule has 1 aromatic heterocycles. The number of rotatable bonds is 8. The molecule has 0 bridgehead atoms. The van der Waals surface area contributed by atoms with E-state index < -0.39 is 33.9 Å². The maximum atomic E-state index is 11.8. The molecule has 1 aliphatic rings. The van der Waals surface area contributed by atoms with Crippen molar-refractivity contribution in [2.24, 2.45) is 11.5 Å². The molecule has 2 atom stereocenters. The number of aliphatic carboxylic acids is 1. The van der Waals surface area contributed by atoms with Crippen LogP contribution in [0.2, 0.25) is 0 Å². The van der Waals surface area contributed by atoms with E-state index in [-0.39, 0.29) is 18.3 Å². The molecule has 0 aromatic carbocycles. The van der Waals surface area contributed by atoms with Gasteiger partial charge in [0.05, 0.1) is 18.2 Å². The van der Waals surface area contributed by atoms with E-state index in [4.69, 9.17) is 15.4 Å². The molecule has 1 saturated carbocycles. The van der Waals surface area contributed by atoms with Crippen LogP contribution in [0.5, 0.6) is 0 Å². The van der Waals surface area contributed by atoms with Crippen molar-refractivity contribution in [1.82, 2.24) is 19.6 Å². The summed E-state index contributed by atoms with van der Waals surface area (Å²) in [6.07, 6.45) is 1.98. The molecule has 0 spiro atoms. The smallest absolute Gasteiger partial charge is 0.324 e. The van der Waals surface area contributed by atoms with Gasteiger partial charge in [-0.3, -0.25) is 9.59 Å². The van der Waals surface area contributed by atoms with Crippen LogP contribution in [-0.4, -0.2) is 52.8 Å². The first kappa shape index (κ1) is 23.9. The van der Waals surface area contributed by atoms with Gasteiger partial charge in [0.2, 0.25) is 11.8 Å². The SMILES string of the molecule is CC(N)=O.CC(O)[C@H](NS(=O)(=O)NCc1nc(C2(N)CCCC2)no1)C(=O)O. The van der Waals surface area contributed by atoms with E-state index in [9.17, 15) is 23.1 Å². The third-order valence-electron chi connectivity index (χ3n) is 3.85. The molecule has 1 aromatic rings. The summed E-state index contributed by atoms with van der Waals surface area (Å²) in [6, 6.07) is -1.67. The van der Waals surface area contributed by atoms with E-state index in [1.165, 1.54) is 6.92 Å². The fourth-order valence-corrected chi connectivity index (χ4v) is 3.51. The summed E-state index contributed by atoms with van der Waals surface area (Å²) in [5.41, 5.74) is 10.00. The molecule has 1 unspecified atom stereocenters. The van der Waals surface area contributed by atoms with Crippen LogP contribution >= 0.6 is 0 Å². The van der Waals surface area contributed by atoms with Gasteiger partial charge in [-0.05, 0) is 19.8 Å². The number of aliphatic hydroxyl groups excluding tert-OH is 1. The number of nitrogens with two attached hydrogens (primary N) is 2. The standard InChI is InChI=1S/C12H21N5O6S.C2H5NO/c1-7(18)9(10(19)20)17-24(21,22)14-6-8-15-11(16-23-8)12(13)4-2-3-5-12;1-2(3)4/h7,9,14,17-18H,2-6,13H2,1H3,(H,19,20);1H3,(H2,3,4)/t7?,9-;/m0./s1. The molecule has 160 valence electrons. The number of primary amides is 1. The maximum absolute atomic E-state index is 11.8. The number of nitrogens with one attached hydrogen (secondary N) is 2. The van der Waals surface area contributed by atoms with E-state index in [2.05, 4.69) is 20.6 Å². The van der Waals surface area contributed by atoms with Crippen LogP contribution in [0.4, 0.5) is 0 Å². The lowest BCUT2D eigenvalue weighted by atomic mass is 9.99. The van der Waals surface area contributed by atoms with Crippen molar-refractivity contribution in [3.8, 4) is 0 Å². The van der Waals surface area contributed by atoms with Gasteiger partial charge in [0.25, 0.3) is 10.2 Å². The number of aromatic nitrogens is 2. The Hall–Kier alpha value is -2.13. The van der Waals surface area contributed by atoms with E-state index in [0.717, 1.165) is 32.6 Å². The number of hydrogen-bond acceptors (Lipinski definition) is 9. The van der Waals surface area contributed by atoms with Crippen LogP contribution in [0.1, 0.15) is 51.2 Å². The summed E-state index contributed by atoms with van der Waals surface area (Å²) in [5.74, 6) is -1.49. The average molecular weight is 422 g/mol. The molecule has 1 amide bonds. The molecule has 1 fully saturated rings. The number of amides is 1. The van der Waals surface area contributed by atoms with Gasteiger partial charge in [-0.2, -0.15) is 22.8 Å². The average Bonchev–Trinajstić information content (AvgIpc) is 3.20. The van der Waals surface area contributed by atoms with Crippen molar-refractivity contribution in [2.45, 2.75) is 63.8 Å². The zero-order chi connectivity index (χ0) is 21.5. The topological polar surface area (TPSA) is 224 Å². The van der Waals surface area contributed by atoms with Gasteiger partial charge in [-0.15, -0.1) is 0 Å². The van der Waals surface area contributed by atoms with Gasteiger partial charge in [0.1, 0.15) is 6.04 Å². The van der Waals surface area contributed by atoms with Crippen molar-refractivity contribution in [1.29, 1.82) is 0 Å². The Bertz CT molecular complexity index is 769. The van der Waals surface area contributed by atoms with Gasteiger partial charge >= 0.3 is 5.97 Å². The molecule has 14 heteroatoms. The van der Waals surface area contributed by atoms with Crippen LogP contribution < -0.4 is 20.9 Å². The second-order valence-corrected chi connectivity index (χ2v) is 8.02. The molecule has 13 nitrogen and oxygen atoms in total. The second-order valence-electron chi connectivity index (χ2n) is 6.48. The summed E-state index contributed by atoms with van der Waals surface area (Å²) < 4.78 is 32.6. The third-order valence-corrected chi connectivity index (χ3v) is 4.94. The van der Waals surface area contributed by atoms with Crippen LogP contribution in [0, 0.1) is 0 Å². The number of carbonyl (C=O) groups excluding carboxylic acids is 1. The molecule has 28 heavy (non-hydrogen) atoms. The lowest BCUT2D eigenvalue weighted by Gasteiger charge is -2.17. The fourth-order valence-electron chi connectivity index (χ4n) is 2.48. The molecule has 1 heterocycles. The highest BCUT2D eigenvalue weighted by molar-refractivity contribution is 7.87. The van der Waals surface area contributed by atoms with Crippen LogP contribution in [0.25, 0.3) is 0 Å². The number of carboxylic acid groups (broad SMARTS) is 1. The Morgan fingerprint density at radius 3 is 2.36 bits per heavy atom. The summed E-state index contributed by atoms with van der Waals surface area (Å²) in [6.45, 7) is 2.14. The molecule has 0 aliphatic heterocycles. The van der Waals surface area contributed by atoms with E-state index in [1.54, 1.807) is 0 Å². The zero-order valence-electron chi connectivity index (χ0n) is 15.6. The van der Waals surface area contributed by atoms with E-state index >= 15 is 0 Å². The minimum atomic E-state index is -4.19. The van der Waals surface area contributed by atoms with Crippen molar-refractivity contribution in [3.05, 3.63) is 11.7 Å². The number of aliphatic hydroxyl groups is 1. The molecule has 2 rings (SSSR count). The number of carbonyl (C=O) groups is 2. The lowest BCUT2D eigenvalue weighted by Crippen LogP contribution is -2.51. The highest BCUT2D eigenvalue weighted by Crippen LogP contribution is 2.34. The van der Waals surface area contributed by atoms with Crippen LogP contribution in [-0.2, 0) is 31.9 Å². The second kappa shape index (κ2) is 9.88. The van der Waals surface area contributed by atoms with E-state index in [0.29, 0.717) is 5.82 Å². The first-order chi connectivity index (χ1) is 12.9. The quantitative estimate of drug-likeness (QED) is 0.271. The molecule has 0 saturated heterocycles. The number of carboxylic acids is 1. The molecule has 1 aliphatic carbocycles. The van der Waals surface area contributed by atoms with E-state index in [1.807, 2.05) is 4.72 Å². The first-order valence-electron chi connectivity index (χ1n) is 8.42. The maximum Gasteiger partial charge on any atom is 0.324 e. The van der Waals surface area contributed by atoms with Gasteiger partial charge in [0.15, 0.2) is 5.82 Å². The Labute approximate surface area is 162 Å². The normalized spacial score (nSPS) is 18.0. The lowest BCUT2D eigenvalue weighted by molar-refractivity contribution is -0.141. The Balaban J connectivity index is 0.000000892. The predicted octanol–water partition coefficient (Wildman–Crippen LogP) is -1.95. The monoisotopic (exact) mass is 422 g/mol. The van der Waals surface area contributed by atoms with Crippen molar-refractivity contribution in [3.63, 3.8) is 0 Å². The zero-order valence-corrected chi connectivity index (χ0v) is 16.4. The largest absolute Gasteiger partial charge is 0.480 e. The Morgan fingerprint density at radius 1 is 1.36 bits per heavy atom. The predicted molar refractivity (Wildman–Crippen MR) is 95.5 cm³/mol. The molecular formula is C14H26N6O7S. The summed E-state index contributed by atoms with van der Waals surface area (Å²) >= 11 is 0. The van der Waals surface area contributed by atoms with Crippen LogP contribution in [0.3, 0.4) is 0 Å². The fraction of sp³-hybridized carbons (Fsp3) is 0.714. The van der Waals surface area contributed by atoms with Crippen LogP contribution in [0.15, 0.2) is 4.52 Å². The minimum absolute atomic E-state index is 0.0102. The molecule has 8 N–H and O–H groups in total. The van der Waals surface area contributed by atoms with Crippen molar-refractivity contribution >= 4 is 22.1 Å². The summed E-state index contributed by atoms with van der Waals surface area (Å²) in [5, 5.41) is 22.0. The van der Waals surface area contributed by atoms with Gasteiger partial charge in [-0.1, -0.05) is 18.0 Å².